The molecule has 1 fully saturated rings. The number of nitrogens with two attached hydrogens (primary N) is 1. The van der Waals surface area contributed by atoms with Gasteiger partial charge in [0.25, 0.3) is 0 Å². The number of esters is 1. The minimum atomic E-state index is -1.52. The van der Waals surface area contributed by atoms with E-state index in [1.807, 2.05) is 26.8 Å². The summed E-state index contributed by atoms with van der Waals surface area (Å²) in [6, 6.07) is 12.0. The van der Waals surface area contributed by atoms with E-state index in [4.69, 9.17) is 22.1 Å². The Labute approximate surface area is 229 Å². The van der Waals surface area contributed by atoms with Crippen molar-refractivity contribution < 1.29 is 23.8 Å². The highest BCUT2D eigenvalue weighted by atomic mass is 79.9. The predicted molar refractivity (Wildman–Crippen MR) is 141 cm³/mol. The van der Waals surface area contributed by atoms with E-state index in [1.54, 1.807) is 18.2 Å². The van der Waals surface area contributed by atoms with E-state index >= 15 is 4.39 Å². The monoisotopic (exact) mass is 593 g/mol. The van der Waals surface area contributed by atoms with Crippen molar-refractivity contribution in [2.24, 2.45) is 11.1 Å². The molecule has 10 heteroatoms. The van der Waals surface area contributed by atoms with Crippen LogP contribution in [-0.4, -0.2) is 41.8 Å². The largest absolute Gasteiger partial charge is 0.462 e. The van der Waals surface area contributed by atoms with Crippen LogP contribution in [-0.2, 0) is 19.7 Å². The lowest BCUT2D eigenvalue weighted by molar-refractivity contribution is -0.150. The number of aliphatic hydroxyl groups is 1. The van der Waals surface area contributed by atoms with E-state index in [0.717, 1.165) is 10.5 Å². The molecule has 0 spiro atoms. The number of halogens is 3. The molecule has 4 N–H and O–H groups in total. The number of rotatable bonds is 8. The number of hydrogen-bond acceptors (Lipinski definition) is 6. The lowest BCUT2D eigenvalue weighted by atomic mass is 9.63. The number of ether oxygens (including phenoxy) is 1. The first kappa shape index (κ1) is 29.1. The second kappa shape index (κ2) is 11.5. The van der Waals surface area contributed by atoms with Crippen LogP contribution in [0.5, 0.6) is 0 Å². The maximum Gasteiger partial charge on any atom is 0.323 e. The minimum Gasteiger partial charge on any atom is -0.462 e. The van der Waals surface area contributed by atoms with Gasteiger partial charge in [-0.15, -0.1) is 0 Å². The van der Waals surface area contributed by atoms with Gasteiger partial charge in [-0.2, -0.15) is 5.26 Å². The fraction of sp³-hybridized carbons (Fsp3) is 0.444. The summed E-state index contributed by atoms with van der Waals surface area (Å²) in [5.74, 6) is -2.99. The average Bonchev–Trinajstić information content (AvgIpc) is 3.10. The lowest BCUT2D eigenvalue weighted by Gasteiger charge is -2.37. The van der Waals surface area contributed by atoms with Crippen LogP contribution in [0.15, 0.2) is 46.9 Å². The van der Waals surface area contributed by atoms with E-state index in [0.29, 0.717) is 12.0 Å². The lowest BCUT2D eigenvalue weighted by Crippen LogP contribution is -2.44. The summed E-state index contributed by atoms with van der Waals surface area (Å²) < 4.78 is 21.6. The average molecular weight is 595 g/mol. The van der Waals surface area contributed by atoms with Gasteiger partial charge in [0, 0.05) is 27.0 Å². The molecule has 0 aromatic heterocycles. The Bertz CT molecular complexity index is 1210. The Balaban J connectivity index is 2.18. The Kier molecular flexibility index (Phi) is 9.01. The number of amides is 1. The van der Waals surface area contributed by atoms with Gasteiger partial charge in [0.2, 0.25) is 5.91 Å². The normalized spacial score (nSPS) is 24.3. The van der Waals surface area contributed by atoms with Gasteiger partial charge in [0.1, 0.15) is 23.9 Å². The maximum atomic E-state index is 15.5. The van der Waals surface area contributed by atoms with Crippen molar-refractivity contribution in [1.82, 2.24) is 5.32 Å². The number of carbonyl (C=O) groups excluding carboxylic acids is 2. The molecule has 0 unspecified atom stereocenters. The van der Waals surface area contributed by atoms with Gasteiger partial charge in [-0.05, 0) is 41.7 Å². The molecule has 37 heavy (non-hydrogen) atoms. The maximum absolute atomic E-state index is 15.5. The molecule has 2 aromatic carbocycles. The van der Waals surface area contributed by atoms with Crippen molar-refractivity contribution in [2.45, 2.75) is 63.1 Å². The molecule has 0 aliphatic carbocycles. The highest BCUT2D eigenvalue weighted by Gasteiger charge is 2.61. The summed E-state index contributed by atoms with van der Waals surface area (Å²) in [6.45, 7) is 5.53. The molecule has 0 bridgehead atoms. The molecule has 198 valence electrons. The number of hydrogen-bond donors (Lipinski definition) is 3. The Morgan fingerprint density at radius 3 is 2.59 bits per heavy atom. The fourth-order valence-corrected chi connectivity index (χ4v) is 5.64. The van der Waals surface area contributed by atoms with Gasteiger partial charge in [-0.3, -0.25) is 14.9 Å². The van der Waals surface area contributed by atoms with Crippen LogP contribution in [0.2, 0.25) is 5.02 Å². The molecular formula is C27H30BrClFN3O4. The molecule has 2 aromatic rings. The summed E-state index contributed by atoms with van der Waals surface area (Å²) in [6.07, 6.45) is -1.21. The van der Waals surface area contributed by atoms with Gasteiger partial charge in [0.05, 0.1) is 18.6 Å². The highest BCUT2D eigenvalue weighted by Crippen LogP contribution is 2.52. The molecule has 1 saturated heterocycles. The van der Waals surface area contributed by atoms with Crippen LogP contribution in [0, 0.1) is 22.6 Å². The number of primary amides is 1. The summed E-state index contributed by atoms with van der Waals surface area (Å²) in [5, 5.41) is 24.3. The number of nitriles is 1. The van der Waals surface area contributed by atoms with Crippen molar-refractivity contribution in [3.63, 3.8) is 0 Å². The molecule has 1 amide bonds. The Hall–Kier alpha value is -2.51. The van der Waals surface area contributed by atoms with Crippen LogP contribution in [0.4, 0.5) is 4.39 Å². The van der Waals surface area contributed by atoms with Crippen molar-refractivity contribution in [2.75, 3.05) is 6.61 Å². The molecule has 0 saturated carbocycles. The molecule has 1 aliphatic heterocycles. The molecule has 3 rings (SSSR count). The van der Waals surface area contributed by atoms with E-state index in [1.165, 1.54) is 12.1 Å². The molecule has 1 aliphatic rings. The van der Waals surface area contributed by atoms with Gasteiger partial charge in [-0.1, -0.05) is 66.5 Å². The fourth-order valence-electron chi connectivity index (χ4n) is 5.06. The van der Waals surface area contributed by atoms with E-state index < -0.39 is 53.8 Å². The number of nitrogens with one attached hydrogen (secondary N) is 1. The second-order valence-electron chi connectivity index (χ2n) is 10.6. The molecular weight excluding hydrogens is 565 g/mol. The van der Waals surface area contributed by atoms with E-state index in [-0.39, 0.29) is 22.4 Å². The minimum absolute atomic E-state index is 0.121. The predicted octanol–water partition coefficient (Wildman–Crippen LogP) is 4.34. The molecule has 7 nitrogen and oxygen atoms in total. The van der Waals surface area contributed by atoms with Crippen LogP contribution >= 0.6 is 27.5 Å². The molecule has 0 radical (unpaired) electrons. The zero-order valence-electron chi connectivity index (χ0n) is 20.8. The highest BCUT2D eigenvalue weighted by molar-refractivity contribution is 9.10. The third-order valence-corrected chi connectivity index (χ3v) is 7.18. The summed E-state index contributed by atoms with van der Waals surface area (Å²) >= 11 is 9.49. The van der Waals surface area contributed by atoms with Gasteiger partial charge in [0.15, 0.2) is 0 Å². The SMILES string of the molecule is CC(C)(C)C[C@@H]1N[C@H](C(=O)OC[C@@H](O)CC(N)=O)[C@H](c2cccc(Br)c2)[C@@]1(C#N)c1ccc(Cl)cc1F. The first-order chi connectivity index (χ1) is 17.3. The third kappa shape index (κ3) is 6.50. The van der Waals surface area contributed by atoms with E-state index in [2.05, 4.69) is 27.3 Å². The first-order valence-electron chi connectivity index (χ1n) is 11.8. The number of carbonyl (C=O) groups is 2. The third-order valence-electron chi connectivity index (χ3n) is 6.45. The topological polar surface area (TPSA) is 125 Å². The zero-order chi connectivity index (χ0) is 27.5. The second-order valence-corrected chi connectivity index (χ2v) is 11.9. The van der Waals surface area contributed by atoms with E-state index in [9.17, 15) is 20.0 Å². The summed E-state index contributed by atoms with van der Waals surface area (Å²) in [5.41, 5.74) is 4.05. The summed E-state index contributed by atoms with van der Waals surface area (Å²) in [4.78, 5) is 24.6. The number of aliphatic hydroxyl groups excluding tert-OH is 1. The van der Waals surface area contributed by atoms with Crippen molar-refractivity contribution in [3.8, 4) is 6.07 Å². The van der Waals surface area contributed by atoms with Crippen molar-refractivity contribution in [1.29, 1.82) is 5.26 Å². The number of nitrogens with zero attached hydrogens (tertiary/aromatic N) is 1. The van der Waals surface area contributed by atoms with Gasteiger partial charge >= 0.3 is 5.97 Å². The van der Waals surface area contributed by atoms with Crippen molar-refractivity contribution >= 4 is 39.4 Å². The van der Waals surface area contributed by atoms with Crippen LogP contribution < -0.4 is 11.1 Å². The molecule has 5 atom stereocenters. The van der Waals surface area contributed by atoms with Gasteiger partial charge < -0.3 is 15.6 Å². The Morgan fingerprint density at radius 1 is 1.32 bits per heavy atom. The smallest absolute Gasteiger partial charge is 0.323 e. The van der Waals surface area contributed by atoms with Crippen LogP contribution in [0.25, 0.3) is 0 Å². The Morgan fingerprint density at radius 2 is 2.03 bits per heavy atom. The standard InChI is InChI=1S/C27H30BrClFN3O4/c1-26(2,3)12-21-27(14-31,19-8-7-17(29)10-20(19)30)23(15-5-4-6-16(28)9-15)24(33-21)25(36)37-13-18(34)11-22(32)35/h4-10,18,21,23-24,33-34H,11-13H2,1-3H3,(H2,32,35)/t18-,21-,23-,24-,27-/m0/s1. The van der Waals surface area contributed by atoms with Gasteiger partial charge in [-0.25, -0.2) is 4.39 Å². The quantitative estimate of drug-likeness (QED) is 0.391. The zero-order valence-corrected chi connectivity index (χ0v) is 23.1. The van der Waals surface area contributed by atoms with Crippen LogP contribution in [0.1, 0.15) is 50.7 Å². The van der Waals surface area contributed by atoms with Crippen molar-refractivity contribution in [3.05, 3.63) is 68.9 Å². The van der Waals surface area contributed by atoms with Crippen LogP contribution in [0.3, 0.4) is 0 Å². The summed E-state index contributed by atoms with van der Waals surface area (Å²) in [7, 11) is 0. The molecule has 1 heterocycles. The first-order valence-corrected chi connectivity index (χ1v) is 13.0. The number of benzene rings is 2.